The summed E-state index contributed by atoms with van der Waals surface area (Å²) in [6.45, 7) is 3.53. The molecule has 0 aromatic heterocycles. The minimum atomic E-state index is -0.435. The second-order valence-corrected chi connectivity index (χ2v) is 4.37. The Morgan fingerprint density at radius 2 is 2.25 bits per heavy atom. The van der Waals surface area contributed by atoms with Gasteiger partial charge < -0.3 is 15.2 Å². The van der Waals surface area contributed by atoms with Gasteiger partial charge in [0.15, 0.2) is 0 Å². The smallest absolute Gasteiger partial charge is 0.250 e. The van der Waals surface area contributed by atoms with E-state index in [1.54, 1.807) is 0 Å². The van der Waals surface area contributed by atoms with Gasteiger partial charge in [-0.25, -0.2) is 4.39 Å². The van der Waals surface area contributed by atoms with Gasteiger partial charge in [-0.1, -0.05) is 11.8 Å². The van der Waals surface area contributed by atoms with Crippen LogP contribution in [0.4, 0.5) is 10.1 Å². The molecule has 0 radical (unpaired) electrons. The maximum absolute atomic E-state index is 13.2. The first kappa shape index (κ1) is 16.2. The molecule has 20 heavy (non-hydrogen) atoms. The fourth-order valence-electron chi connectivity index (χ4n) is 1.37. The lowest BCUT2D eigenvalue weighted by Crippen LogP contribution is -2.21. The Balaban J connectivity index is 2.79. The average molecular weight is 279 g/mol. The van der Waals surface area contributed by atoms with E-state index < -0.39 is 5.82 Å². The average Bonchev–Trinajstić information content (AvgIpc) is 2.39. The van der Waals surface area contributed by atoms with Crippen LogP contribution in [0.3, 0.4) is 0 Å². The molecular weight excluding hydrogens is 261 g/mol. The van der Waals surface area contributed by atoms with E-state index in [-0.39, 0.29) is 25.2 Å². The van der Waals surface area contributed by atoms with Gasteiger partial charge in [0.1, 0.15) is 12.4 Å². The highest BCUT2D eigenvalue weighted by Crippen LogP contribution is 2.16. The minimum Gasteiger partial charge on any atom is -0.395 e. The normalized spacial score (nSPS) is 10.1. The van der Waals surface area contributed by atoms with E-state index in [2.05, 4.69) is 17.2 Å². The van der Waals surface area contributed by atoms with Crippen LogP contribution < -0.4 is 5.32 Å². The molecular formula is C15H18FNO3. The highest BCUT2D eigenvalue weighted by molar-refractivity contribution is 5.93. The summed E-state index contributed by atoms with van der Waals surface area (Å²) in [7, 11) is 0. The summed E-state index contributed by atoms with van der Waals surface area (Å²) in [6, 6.07) is 3.94. The number of carbonyl (C=O) groups excluding carboxylic acids is 1. The SMILES string of the molecule is CC(C)OCC(=O)Nc1ccc(F)cc1C#CCCO. The van der Waals surface area contributed by atoms with Gasteiger partial charge in [-0.3, -0.25) is 4.79 Å². The number of carbonyl (C=O) groups is 1. The van der Waals surface area contributed by atoms with Gasteiger partial charge in [0, 0.05) is 6.42 Å². The Morgan fingerprint density at radius 3 is 2.90 bits per heavy atom. The summed E-state index contributed by atoms with van der Waals surface area (Å²) in [5.74, 6) is 4.65. The quantitative estimate of drug-likeness (QED) is 0.810. The van der Waals surface area contributed by atoms with Crippen molar-refractivity contribution >= 4 is 11.6 Å². The van der Waals surface area contributed by atoms with E-state index in [0.717, 1.165) is 0 Å². The van der Waals surface area contributed by atoms with Crippen molar-refractivity contribution in [2.45, 2.75) is 26.4 Å². The number of benzene rings is 1. The van der Waals surface area contributed by atoms with Gasteiger partial charge in [0.2, 0.25) is 5.91 Å². The van der Waals surface area contributed by atoms with Crippen LogP contribution in [0.25, 0.3) is 0 Å². The molecule has 2 N–H and O–H groups in total. The zero-order valence-electron chi connectivity index (χ0n) is 11.6. The summed E-state index contributed by atoms with van der Waals surface area (Å²) in [4.78, 5) is 11.7. The second kappa shape index (κ2) is 8.31. The van der Waals surface area contributed by atoms with Crippen molar-refractivity contribution in [3.63, 3.8) is 0 Å². The Hall–Kier alpha value is -1.90. The molecule has 0 unspecified atom stereocenters. The topological polar surface area (TPSA) is 58.6 Å². The zero-order valence-corrected chi connectivity index (χ0v) is 11.6. The molecule has 108 valence electrons. The predicted molar refractivity (Wildman–Crippen MR) is 74.7 cm³/mol. The van der Waals surface area contributed by atoms with E-state index in [0.29, 0.717) is 17.7 Å². The summed E-state index contributed by atoms with van der Waals surface area (Å²) >= 11 is 0. The van der Waals surface area contributed by atoms with Crippen molar-refractivity contribution in [2.24, 2.45) is 0 Å². The summed E-state index contributed by atoms with van der Waals surface area (Å²) in [6.07, 6.45) is 0.248. The molecule has 0 aliphatic heterocycles. The molecule has 0 spiro atoms. The van der Waals surface area contributed by atoms with Crippen molar-refractivity contribution < 1.29 is 19.0 Å². The molecule has 0 aliphatic rings. The minimum absolute atomic E-state index is 0.0437. The van der Waals surface area contributed by atoms with Gasteiger partial charge in [-0.2, -0.15) is 0 Å². The lowest BCUT2D eigenvalue weighted by molar-refractivity contribution is -0.121. The fourth-order valence-corrected chi connectivity index (χ4v) is 1.37. The van der Waals surface area contributed by atoms with Crippen molar-refractivity contribution in [1.82, 2.24) is 0 Å². The van der Waals surface area contributed by atoms with Crippen LogP contribution in [0.1, 0.15) is 25.8 Å². The molecule has 4 nitrogen and oxygen atoms in total. The lowest BCUT2D eigenvalue weighted by Gasteiger charge is -2.10. The molecule has 0 saturated heterocycles. The summed E-state index contributed by atoms with van der Waals surface area (Å²) < 4.78 is 18.4. The van der Waals surface area contributed by atoms with Gasteiger partial charge in [-0.05, 0) is 32.0 Å². The Kier molecular flexibility index (Phi) is 6.71. The van der Waals surface area contributed by atoms with Gasteiger partial charge in [0.25, 0.3) is 0 Å². The third kappa shape index (κ3) is 5.83. The molecule has 0 heterocycles. The first-order chi connectivity index (χ1) is 9.52. The van der Waals surface area contributed by atoms with Crippen molar-refractivity contribution in [3.8, 4) is 11.8 Å². The van der Waals surface area contributed by atoms with E-state index in [4.69, 9.17) is 9.84 Å². The van der Waals surface area contributed by atoms with Crippen LogP contribution in [0.15, 0.2) is 18.2 Å². The molecule has 1 rings (SSSR count). The van der Waals surface area contributed by atoms with Crippen LogP contribution in [0.5, 0.6) is 0 Å². The van der Waals surface area contributed by atoms with E-state index in [9.17, 15) is 9.18 Å². The zero-order chi connectivity index (χ0) is 15.0. The Labute approximate surface area is 117 Å². The molecule has 0 fully saturated rings. The third-order valence-electron chi connectivity index (χ3n) is 2.26. The summed E-state index contributed by atoms with van der Waals surface area (Å²) in [5.41, 5.74) is 0.797. The maximum atomic E-state index is 13.2. The summed E-state index contributed by atoms with van der Waals surface area (Å²) in [5, 5.41) is 11.3. The fraction of sp³-hybridized carbons (Fsp3) is 0.400. The number of rotatable bonds is 5. The number of hydrogen-bond donors (Lipinski definition) is 2. The van der Waals surface area contributed by atoms with E-state index in [1.807, 2.05) is 13.8 Å². The highest BCUT2D eigenvalue weighted by atomic mass is 19.1. The van der Waals surface area contributed by atoms with E-state index in [1.165, 1.54) is 18.2 Å². The molecule has 0 atom stereocenters. The van der Waals surface area contributed by atoms with Gasteiger partial charge in [-0.15, -0.1) is 0 Å². The van der Waals surface area contributed by atoms with Crippen LogP contribution in [0.2, 0.25) is 0 Å². The first-order valence-corrected chi connectivity index (χ1v) is 6.33. The molecule has 1 aromatic carbocycles. The second-order valence-electron chi connectivity index (χ2n) is 4.37. The number of halogens is 1. The molecule has 0 saturated carbocycles. The predicted octanol–water partition coefficient (Wildman–Crippen LogP) is 1.92. The Bertz CT molecular complexity index is 518. The van der Waals surface area contributed by atoms with Crippen LogP contribution in [-0.2, 0) is 9.53 Å². The number of aliphatic hydroxyl groups excluding tert-OH is 1. The number of aliphatic hydroxyl groups is 1. The van der Waals surface area contributed by atoms with Crippen molar-refractivity contribution in [1.29, 1.82) is 0 Å². The van der Waals surface area contributed by atoms with Gasteiger partial charge in [0.05, 0.1) is 24.0 Å². The standard InChI is InChI=1S/C15H18FNO3/c1-11(2)20-10-15(19)17-14-7-6-13(16)9-12(14)5-3-4-8-18/h6-7,9,11,18H,4,8,10H2,1-2H3,(H,17,19). The molecule has 1 aromatic rings. The number of amides is 1. The number of nitrogens with one attached hydrogen (secondary N) is 1. The van der Waals surface area contributed by atoms with Gasteiger partial charge >= 0.3 is 0 Å². The largest absolute Gasteiger partial charge is 0.395 e. The van der Waals surface area contributed by atoms with E-state index >= 15 is 0 Å². The lowest BCUT2D eigenvalue weighted by atomic mass is 10.1. The monoisotopic (exact) mass is 279 g/mol. The Morgan fingerprint density at radius 1 is 1.50 bits per heavy atom. The van der Waals surface area contributed by atoms with Crippen molar-refractivity contribution in [3.05, 3.63) is 29.6 Å². The van der Waals surface area contributed by atoms with Crippen LogP contribution in [-0.4, -0.2) is 30.3 Å². The number of ether oxygens (including phenoxy) is 1. The molecule has 0 bridgehead atoms. The molecule has 5 heteroatoms. The first-order valence-electron chi connectivity index (χ1n) is 6.33. The van der Waals surface area contributed by atoms with Crippen molar-refractivity contribution in [2.75, 3.05) is 18.5 Å². The third-order valence-corrected chi connectivity index (χ3v) is 2.26. The van der Waals surface area contributed by atoms with Crippen LogP contribution in [0, 0.1) is 17.7 Å². The molecule has 0 aliphatic carbocycles. The number of anilines is 1. The molecule has 1 amide bonds. The maximum Gasteiger partial charge on any atom is 0.250 e. The van der Waals surface area contributed by atoms with Crippen LogP contribution >= 0.6 is 0 Å². The highest BCUT2D eigenvalue weighted by Gasteiger charge is 2.08. The number of hydrogen-bond acceptors (Lipinski definition) is 3.